The summed E-state index contributed by atoms with van der Waals surface area (Å²) in [7, 11) is 0. The van der Waals surface area contributed by atoms with E-state index in [4.69, 9.17) is 14.2 Å². The first kappa shape index (κ1) is 31.1. The molecule has 2 saturated carbocycles. The molecular weight excluding hydrogens is 546 g/mol. The van der Waals surface area contributed by atoms with Crippen LogP contribution in [0.25, 0.3) is 5.57 Å². The second kappa shape index (κ2) is 10.4. The van der Waals surface area contributed by atoms with Crippen LogP contribution < -0.4 is 5.32 Å². The second-order valence-corrected chi connectivity index (χ2v) is 14.0. The Balaban J connectivity index is 1.36. The quantitative estimate of drug-likeness (QED) is 0.242. The number of aromatic hydroxyl groups is 1. The smallest absolute Gasteiger partial charge is 0.412 e. The Morgan fingerprint density at radius 3 is 2.47 bits per heavy atom. The number of carbonyl (C=O) groups excluding carboxylic acids is 2. The monoisotopic (exact) mass is 591 g/mol. The molecule has 5 unspecified atom stereocenters. The van der Waals surface area contributed by atoms with E-state index in [1.807, 2.05) is 38.1 Å². The highest BCUT2D eigenvalue weighted by Crippen LogP contribution is 2.80. The Labute approximate surface area is 254 Å². The number of fused-ring (bicyclic) bond motifs is 7. The van der Waals surface area contributed by atoms with Gasteiger partial charge >= 0.3 is 12.1 Å². The highest BCUT2D eigenvalue weighted by molar-refractivity contribution is 5.87. The van der Waals surface area contributed by atoms with E-state index in [1.54, 1.807) is 39.0 Å². The van der Waals surface area contributed by atoms with Crippen molar-refractivity contribution in [3.8, 4) is 5.75 Å². The molecule has 3 aliphatic carbocycles. The average Bonchev–Trinajstić information content (AvgIpc) is 3.17. The van der Waals surface area contributed by atoms with Gasteiger partial charge in [-0.2, -0.15) is 0 Å². The summed E-state index contributed by atoms with van der Waals surface area (Å²) in [5, 5.41) is 26.2. The van der Waals surface area contributed by atoms with Crippen molar-refractivity contribution < 1.29 is 34.0 Å². The molecule has 2 bridgehead atoms. The number of aryl methyl sites for hydroxylation is 1. The van der Waals surface area contributed by atoms with Crippen molar-refractivity contribution in [1.29, 1.82) is 0 Å². The Morgan fingerprint density at radius 1 is 1.09 bits per heavy atom. The van der Waals surface area contributed by atoms with Gasteiger partial charge in [-0.3, -0.25) is 10.1 Å². The molecule has 0 heterocycles. The lowest BCUT2D eigenvalue weighted by Crippen LogP contribution is -2.67. The zero-order valence-corrected chi connectivity index (χ0v) is 26.4. The van der Waals surface area contributed by atoms with Crippen molar-refractivity contribution in [2.75, 3.05) is 11.9 Å². The van der Waals surface area contributed by atoms with Crippen LogP contribution in [0.5, 0.6) is 5.75 Å². The third kappa shape index (κ3) is 4.48. The normalized spacial score (nSPS) is 30.4. The molecule has 0 spiro atoms. The van der Waals surface area contributed by atoms with E-state index in [2.05, 4.69) is 25.7 Å². The summed E-state index contributed by atoms with van der Waals surface area (Å²) in [5.74, 6) is -0.647. The molecule has 0 aliphatic heterocycles. The van der Waals surface area contributed by atoms with E-state index >= 15 is 0 Å². The molecule has 1 amide bonds. The van der Waals surface area contributed by atoms with Crippen LogP contribution in [-0.2, 0) is 31.0 Å². The molecule has 8 nitrogen and oxygen atoms in total. The van der Waals surface area contributed by atoms with Gasteiger partial charge in [-0.15, -0.1) is 0 Å². The maximum Gasteiger partial charge on any atom is 0.412 e. The van der Waals surface area contributed by atoms with Gasteiger partial charge < -0.3 is 24.4 Å². The van der Waals surface area contributed by atoms with Crippen molar-refractivity contribution in [2.24, 2.45) is 16.7 Å². The number of para-hydroxylation sites is 1. The molecule has 2 aromatic carbocycles. The number of phenols is 1. The Hall–Kier alpha value is -3.36. The minimum absolute atomic E-state index is 0.0195. The van der Waals surface area contributed by atoms with E-state index in [0.29, 0.717) is 25.0 Å². The van der Waals surface area contributed by atoms with Gasteiger partial charge in [0.25, 0.3) is 0 Å². The first-order chi connectivity index (χ1) is 20.0. The van der Waals surface area contributed by atoms with Gasteiger partial charge in [-0.1, -0.05) is 63.7 Å². The van der Waals surface area contributed by atoms with Crippen molar-refractivity contribution in [2.45, 2.75) is 97.1 Å². The average molecular weight is 592 g/mol. The predicted octanol–water partition coefficient (Wildman–Crippen LogP) is 6.73. The van der Waals surface area contributed by atoms with Gasteiger partial charge in [-0.05, 0) is 74.3 Å². The summed E-state index contributed by atoms with van der Waals surface area (Å²) in [4.78, 5) is 25.6. The number of nitrogens with one attached hydrogen (secondary N) is 1. The lowest BCUT2D eigenvalue weighted by Gasteiger charge is -2.58. The van der Waals surface area contributed by atoms with Gasteiger partial charge in [0.05, 0.1) is 5.69 Å². The second-order valence-electron chi connectivity index (χ2n) is 14.0. The van der Waals surface area contributed by atoms with Crippen molar-refractivity contribution in [3.63, 3.8) is 0 Å². The highest BCUT2D eigenvalue weighted by Gasteiger charge is 2.85. The van der Waals surface area contributed by atoms with Gasteiger partial charge in [0.15, 0.2) is 0 Å². The van der Waals surface area contributed by atoms with Crippen LogP contribution in [-0.4, -0.2) is 46.2 Å². The number of amides is 1. The number of anilines is 1. The molecule has 2 fully saturated rings. The zero-order valence-electron chi connectivity index (χ0n) is 26.4. The number of hydrogen-bond acceptors (Lipinski definition) is 7. The van der Waals surface area contributed by atoms with Crippen LogP contribution in [0.4, 0.5) is 10.5 Å². The molecule has 8 heteroatoms. The van der Waals surface area contributed by atoms with Crippen LogP contribution >= 0.6 is 0 Å². The standard InChI is InChI=1S/C35H45NO7/c1-9-41-35-24-15-11-10-14-23(24)21(2)20-34(35,40)33(8)27(19-26(35)32(33,6)7)42-28(37)18-17-22-13-12-16-25(29(22)38)36-30(39)43-31(3,4)5/h10-16,26-27,38,40H,2,9,17-20H2,1,3-8H3,(H,36,39). The number of hydrogen-bond donors (Lipinski definition) is 3. The molecule has 0 saturated heterocycles. The van der Waals surface area contributed by atoms with Crippen molar-refractivity contribution in [1.82, 2.24) is 0 Å². The third-order valence-corrected chi connectivity index (χ3v) is 10.4. The number of benzene rings is 2. The molecule has 5 rings (SSSR count). The fraction of sp³-hybridized carbons (Fsp3) is 0.543. The van der Waals surface area contributed by atoms with Crippen molar-refractivity contribution in [3.05, 3.63) is 65.7 Å². The number of carbonyl (C=O) groups is 2. The summed E-state index contributed by atoms with van der Waals surface area (Å²) in [6.07, 6.45) is -0.113. The SMILES string of the molecule is C=C1CC2(O)C(OCC)(c3ccccc31)C1CC(OC(=O)CCc3cccc(NC(=O)OC(C)(C)C)c3O)C2(C)C1(C)C. The first-order valence-corrected chi connectivity index (χ1v) is 15.2. The molecule has 2 aromatic rings. The minimum atomic E-state index is -1.35. The maximum absolute atomic E-state index is 13.3. The van der Waals surface area contributed by atoms with Gasteiger partial charge in [0.1, 0.15) is 28.7 Å². The van der Waals surface area contributed by atoms with E-state index in [1.165, 1.54) is 0 Å². The molecule has 0 radical (unpaired) electrons. The Bertz CT molecular complexity index is 1460. The van der Waals surface area contributed by atoms with Crippen LogP contribution in [0.1, 0.15) is 84.4 Å². The summed E-state index contributed by atoms with van der Waals surface area (Å²) < 4.78 is 18.1. The molecular formula is C35H45NO7. The Morgan fingerprint density at radius 2 is 1.79 bits per heavy atom. The number of rotatable bonds is 7. The summed E-state index contributed by atoms with van der Waals surface area (Å²) in [6, 6.07) is 13.0. The van der Waals surface area contributed by atoms with Crippen LogP contribution in [0.2, 0.25) is 0 Å². The summed E-state index contributed by atoms with van der Waals surface area (Å²) in [6.45, 7) is 18.3. The number of aliphatic hydroxyl groups is 1. The van der Waals surface area contributed by atoms with E-state index in [9.17, 15) is 19.8 Å². The topological polar surface area (TPSA) is 114 Å². The lowest BCUT2D eigenvalue weighted by molar-refractivity contribution is -0.261. The third-order valence-electron chi connectivity index (χ3n) is 10.4. The summed E-state index contributed by atoms with van der Waals surface area (Å²) >= 11 is 0. The van der Waals surface area contributed by atoms with E-state index in [0.717, 1.165) is 16.7 Å². The molecule has 5 atom stereocenters. The largest absolute Gasteiger partial charge is 0.505 e. The van der Waals surface area contributed by atoms with Crippen LogP contribution in [0.3, 0.4) is 0 Å². The van der Waals surface area contributed by atoms with Gasteiger partial charge in [0.2, 0.25) is 0 Å². The number of phenolic OH excluding ortho intramolecular Hbond substituents is 1. The minimum Gasteiger partial charge on any atom is -0.505 e. The van der Waals surface area contributed by atoms with E-state index in [-0.39, 0.29) is 30.2 Å². The van der Waals surface area contributed by atoms with Gasteiger partial charge in [0, 0.05) is 30.8 Å². The van der Waals surface area contributed by atoms with Gasteiger partial charge in [-0.25, -0.2) is 4.79 Å². The van der Waals surface area contributed by atoms with Crippen LogP contribution in [0, 0.1) is 16.7 Å². The Kier molecular flexibility index (Phi) is 7.50. The van der Waals surface area contributed by atoms with E-state index < -0.39 is 45.8 Å². The number of ether oxygens (including phenoxy) is 3. The number of esters is 1. The van der Waals surface area contributed by atoms with Crippen molar-refractivity contribution >= 4 is 23.3 Å². The molecule has 3 aliphatic rings. The fourth-order valence-corrected chi connectivity index (χ4v) is 8.37. The molecule has 43 heavy (non-hydrogen) atoms. The molecule has 3 N–H and O–H groups in total. The highest BCUT2D eigenvalue weighted by atomic mass is 16.6. The first-order valence-electron chi connectivity index (χ1n) is 15.2. The maximum atomic E-state index is 13.3. The van der Waals surface area contributed by atoms with Crippen LogP contribution in [0.15, 0.2) is 49.0 Å². The summed E-state index contributed by atoms with van der Waals surface area (Å²) in [5.41, 5.74) is -0.720. The zero-order chi connectivity index (χ0) is 31.6. The lowest BCUT2D eigenvalue weighted by atomic mass is 9.54. The molecule has 232 valence electrons. The predicted molar refractivity (Wildman–Crippen MR) is 165 cm³/mol. The molecule has 0 aromatic heterocycles. The fourth-order valence-electron chi connectivity index (χ4n) is 8.37.